The van der Waals surface area contributed by atoms with Gasteiger partial charge in [-0.05, 0) is 15.8 Å². The van der Waals surface area contributed by atoms with Gasteiger partial charge in [0.25, 0.3) is 12.1 Å². The summed E-state index contributed by atoms with van der Waals surface area (Å²) in [5.41, 5.74) is 8.19. The molecule has 2 N–H and O–H groups in total. The third-order valence-corrected chi connectivity index (χ3v) is 3.50. The highest BCUT2D eigenvalue weighted by Gasteiger charge is 2.24. The molecular formula is C17H18ClN3O. The number of rotatable bonds is 5. The first-order valence-corrected chi connectivity index (χ1v) is 7.03. The molecular weight excluding hydrogens is 298 g/mol. The Morgan fingerprint density at radius 3 is 1.82 bits per heavy atom. The fourth-order valence-electron chi connectivity index (χ4n) is 2.48. The van der Waals surface area contributed by atoms with Crippen LogP contribution in [0.3, 0.4) is 0 Å². The van der Waals surface area contributed by atoms with Crippen LogP contribution in [0.4, 0.5) is 5.88 Å². The summed E-state index contributed by atoms with van der Waals surface area (Å²) in [6, 6.07) is 20.9. The Labute approximate surface area is 135 Å². The molecule has 0 fully saturated rings. The van der Waals surface area contributed by atoms with Crippen LogP contribution < -0.4 is 22.8 Å². The first-order chi connectivity index (χ1) is 10.3. The van der Waals surface area contributed by atoms with E-state index in [1.807, 2.05) is 16.8 Å². The zero-order valence-electron chi connectivity index (χ0n) is 12.1. The van der Waals surface area contributed by atoms with Crippen molar-refractivity contribution in [2.75, 3.05) is 5.73 Å². The predicted molar refractivity (Wildman–Crippen MR) is 80.4 cm³/mol. The van der Waals surface area contributed by atoms with Gasteiger partial charge in [0, 0.05) is 12.8 Å². The van der Waals surface area contributed by atoms with E-state index in [4.69, 9.17) is 10.3 Å². The van der Waals surface area contributed by atoms with Crippen molar-refractivity contribution in [1.29, 1.82) is 0 Å². The van der Waals surface area contributed by atoms with E-state index in [1.165, 1.54) is 11.1 Å². The third-order valence-electron chi connectivity index (χ3n) is 3.50. The molecule has 0 aliphatic heterocycles. The van der Waals surface area contributed by atoms with E-state index in [2.05, 4.69) is 53.8 Å². The molecule has 0 amide bonds. The van der Waals surface area contributed by atoms with Crippen molar-refractivity contribution in [1.82, 2.24) is 5.27 Å². The van der Waals surface area contributed by atoms with Gasteiger partial charge in [0.15, 0.2) is 6.04 Å². The Hall–Kier alpha value is -2.33. The molecule has 0 atom stereocenters. The van der Waals surface area contributed by atoms with Crippen LogP contribution in [0.5, 0.6) is 0 Å². The molecule has 0 spiro atoms. The molecule has 0 saturated carbocycles. The molecule has 0 aliphatic rings. The number of halogens is 1. The third kappa shape index (κ3) is 4.09. The molecule has 22 heavy (non-hydrogen) atoms. The van der Waals surface area contributed by atoms with Crippen LogP contribution in [0, 0.1) is 0 Å². The molecule has 1 aromatic heterocycles. The molecule has 0 bridgehead atoms. The molecule has 4 nitrogen and oxygen atoms in total. The van der Waals surface area contributed by atoms with Crippen LogP contribution >= 0.6 is 0 Å². The lowest BCUT2D eigenvalue weighted by atomic mass is 9.99. The number of benzene rings is 2. The first kappa shape index (κ1) is 16.0. The van der Waals surface area contributed by atoms with Gasteiger partial charge in [-0.1, -0.05) is 60.7 Å². The van der Waals surface area contributed by atoms with Crippen LogP contribution in [0.1, 0.15) is 17.2 Å². The minimum absolute atomic E-state index is 0. The highest BCUT2D eigenvalue weighted by Crippen LogP contribution is 2.15. The van der Waals surface area contributed by atoms with Crippen LogP contribution in [0.25, 0.3) is 0 Å². The summed E-state index contributed by atoms with van der Waals surface area (Å²) in [5.74, 6) is 0.334. The molecule has 0 saturated heterocycles. The number of nitrogen functional groups attached to an aromatic ring is 1. The number of hydrogen-bond donors (Lipinski definition) is 1. The standard InChI is InChI=1S/C17H18N3O.ClH/c18-17-13-20(19-21-17)16(11-14-7-3-1-4-8-14)12-15-9-5-2-6-10-15;/h1-10,13,16H,11-12,18H2;1H/q+1;/p-1. The first-order valence-electron chi connectivity index (χ1n) is 7.03. The number of anilines is 1. The molecule has 3 rings (SSSR count). The number of nitrogens with zero attached hydrogens (tertiary/aromatic N) is 2. The van der Waals surface area contributed by atoms with Crippen LogP contribution in [0.2, 0.25) is 0 Å². The van der Waals surface area contributed by atoms with E-state index >= 15 is 0 Å². The van der Waals surface area contributed by atoms with Gasteiger partial charge in [0.1, 0.15) is 0 Å². The zero-order chi connectivity index (χ0) is 14.5. The number of hydrogen-bond acceptors (Lipinski definition) is 3. The minimum Gasteiger partial charge on any atom is -1.00 e. The van der Waals surface area contributed by atoms with Gasteiger partial charge in [0.05, 0.1) is 0 Å². The molecule has 0 aliphatic carbocycles. The van der Waals surface area contributed by atoms with Gasteiger partial charge >= 0.3 is 0 Å². The van der Waals surface area contributed by atoms with Crippen molar-refractivity contribution in [3.05, 3.63) is 78.0 Å². The fourth-order valence-corrected chi connectivity index (χ4v) is 2.48. The smallest absolute Gasteiger partial charge is 0.293 e. The van der Waals surface area contributed by atoms with E-state index < -0.39 is 0 Å². The van der Waals surface area contributed by atoms with Gasteiger partial charge < -0.3 is 18.1 Å². The average Bonchev–Trinajstić information content (AvgIpc) is 2.95. The largest absolute Gasteiger partial charge is 1.00 e. The Kier molecular flexibility index (Phi) is 5.55. The molecule has 5 heteroatoms. The van der Waals surface area contributed by atoms with Gasteiger partial charge in [-0.25, -0.2) is 0 Å². The maximum atomic E-state index is 5.65. The molecule has 2 aromatic carbocycles. The van der Waals surface area contributed by atoms with E-state index in [0.29, 0.717) is 5.88 Å². The average molecular weight is 316 g/mol. The van der Waals surface area contributed by atoms with Crippen molar-refractivity contribution in [2.45, 2.75) is 18.9 Å². The van der Waals surface area contributed by atoms with E-state index in [1.54, 1.807) is 6.20 Å². The summed E-state index contributed by atoms with van der Waals surface area (Å²) in [5, 5.41) is 4.03. The van der Waals surface area contributed by atoms with Crippen LogP contribution in [-0.2, 0) is 12.8 Å². The predicted octanol–water partition coefficient (Wildman–Crippen LogP) is -0.425. The summed E-state index contributed by atoms with van der Waals surface area (Å²) in [7, 11) is 0. The second kappa shape index (κ2) is 7.61. The molecule has 0 unspecified atom stereocenters. The van der Waals surface area contributed by atoms with Gasteiger partial charge in [-0.2, -0.15) is 0 Å². The quantitative estimate of drug-likeness (QED) is 0.650. The lowest BCUT2D eigenvalue weighted by molar-refractivity contribution is -0.784. The SMILES string of the molecule is Nc1c[n+](C(Cc2ccccc2)Cc2ccccc2)no1.[Cl-]. The highest BCUT2D eigenvalue weighted by molar-refractivity contribution is 5.18. The molecule has 3 aromatic rings. The highest BCUT2D eigenvalue weighted by atomic mass is 35.5. The summed E-state index contributed by atoms with van der Waals surface area (Å²) < 4.78 is 6.83. The second-order valence-corrected chi connectivity index (χ2v) is 5.12. The van der Waals surface area contributed by atoms with E-state index in [0.717, 1.165) is 12.8 Å². The Morgan fingerprint density at radius 2 is 1.41 bits per heavy atom. The Morgan fingerprint density at radius 1 is 0.909 bits per heavy atom. The molecule has 1 heterocycles. The van der Waals surface area contributed by atoms with Crippen molar-refractivity contribution in [3.8, 4) is 0 Å². The lowest BCUT2D eigenvalue weighted by Crippen LogP contribution is -3.00. The van der Waals surface area contributed by atoms with E-state index in [-0.39, 0.29) is 18.4 Å². The lowest BCUT2D eigenvalue weighted by Gasteiger charge is -2.09. The summed E-state index contributed by atoms with van der Waals surface area (Å²) in [6.45, 7) is 0. The van der Waals surface area contributed by atoms with E-state index in [9.17, 15) is 0 Å². The maximum absolute atomic E-state index is 5.65. The van der Waals surface area contributed by atoms with Gasteiger partial charge in [0.2, 0.25) is 5.27 Å². The Bertz CT molecular complexity index is 644. The van der Waals surface area contributed by atoms with Crippen LogP contribution in [-0.4, -0.2) is 5.27 Å². The molecule has 114 valence electrons. The summed E-state index contributed by atoms with van der Waals surface area (Å²) in [6.07, 6.45) is 3.51. The molecule has 0 radical (unpaired) electrons. The zero-order valence-corrected chi connectivity index (χ0v) is 12.9. The second-order valence-electron chi connectivity index (χ2n) is 5.12. The maximum Gasteiger partial charge on any atom is 0.293 e. The Balaban J connectivity index is 0.00000176. The fraction of sp³-hybridized carbons (Fsp3) is 0.176. The van der Waals surface area contributed by atoms with Crippen molar-refractivity contribution in [3.63, 3.8) is 0 Å². The van der Waals surface area contributed by atoms with Crippen molar-refractivity contribution < 1.29 is 21.6 Å². The summed E-state index contributed by atoms with van der Waals surface area (Å²) >= 11 is 0. The van der Waals surface area contributed by atoms with Gasteiger partial charge in [-0.3, -0.25) is 4.52 Å². The minimum atomic E-state index is 0. The number of nitrogens with two attached hydrogens (primary N) is 1. The normalized spacial score (nSPS) is 10.4. The monoisotopic (exact) mass is 315 g/mol. The topological polar surface area (TPSA) is 55.9 Å². The van der Waals surface area contributed by atoms with Crippen molar-refractivity contribution in [2.24, 2.45) is 0 Å². The van der Waals surface area contributed by atoms with Crippen LogP contribution in [0.15, 0.2) is 71.4 Å². The van der Waals surface area contributed by atoms with Crippen molar-refractivity contribution >= 4 is 5.88 Å². The van der Waals surface area contributed by atoms with Gasteiger partial charge in [-0.15, -0.1) is 0 Å². The number of aromatic nitrogens is 2. The summed E-state index contributed by atoms with van der Waals surface area (Å²) in [4.78, 5) is 0.